The van der Waals surface area contributed by atoms with Gasteiger partial charge in [0.05, 0.1) is 30.2 Å². The van der Waals surface area contributed by atoms with Gasteiger partial charge in [0.2, 0.25) is 11.8 Å². The summed E-state index contributed by atoms with van der Waals surface area (Å²) in [5.41, 5.74) is 1.66. The lowest BCUT2D eigenvalue weighted by Crippen LogP contribution is -2.63. The maximum absolute atomic E-state index is 13.2. The number of rotatable bonds is 4. The number of nitrogens with one attached hydrogen (secondary N) is 2. The van der Waals surface area contributed by atoms with Crippen molar-refractivity contribution >= 4 is 29.4 Å². The smallest absolute Gasteiger partial charge is 0.481 e. The van der Waals surface area contributed by atoms with E-state index in [0.717, 1.165) is 29.5 Å². The van der Waals surface area contributed by atoms with E-state index < -0.39 is 17.7 Å². The SMILES string of the molecule is COc1ccc(-c2cccc([C@]3(C)CC(=O)N([C@H]4CCO[C@@H](C)C4)C(=N)N3)c2Cl)cn1.O=C(O)C(F)(F)F. The van der Waals surface area contributed by atoms with E-state index >= 15 is 0 Å². The molecule has 0 spiro atoms. The normalized spacial score (nSPS) is 23.7. The Bertz CT molecular complexity index is 1170. The fourth-order valence-corrected chi connectivity index (χ4v) is 4.92. The van der Waals surface area contributed by atoms with Crippen LogP contribution in [-0.4, -0.2) is 64.9 Å². The molecule has 13 heteroatoms. The number of carbonyl (C=O) groups excluding carboxylic acids is 1. The summed E-state index contributed by atoms with van der Waals surface area (Å²) in [6.45, 7) is 4.52. The Balaban J connectivity index is 0.000000505. The topological polar surface area (TPSA) is 125 Å². The van der Waals surface area contributed by atoms with E-state index in [1.54, 1.807) is 24.3 Å². The summed E-state index contributed by atoms with van der Waals surface area (Å²) < 4.78 is 42.5. The zero-order valence-electron chi connectivity index (χ0n) is 20.9. The van der Waals surface area contributed by atoms with Crippen molar-refractivity contribution < 1.29 is 37.3 Å². The second-order valence-corrected chi connectivity index (χ2v) is 9.54. The predicted molar refractivity (Wildman–Crippen MR) is 133 cm³/mol. The molecule has 9 nitrogen and oxygen atoms in total. The predicted octanol–water partition coefficient (Wildman–Crippen LogP) is 4.58. The number of carboxylic acids is 1. The molecule has 2 aliphatic heterocycles. The van der Waals surface area contributed by atoms with Crippen molar-refractivity contribution in [2.24, 2.45) is 0 Å². The van der Waals surface area contributed by atoms with Crippen molar-refractivity contribution in [3.63, 3.8) is 0 Å². The number of hydrogen-bond acceptors (Lipinski definition) is 6. The molecule has 1 amide bonds. The number of alkyl halides is 3. The van der Waals surface area contributed by atoms with Crippen molar-refractivity contribution in [2.45, 2.75) is 57.0 Å². The molecular formula is C25H28ClF3N4O5. The molecule has 0 saturated carbocycles. The van der Waals surface area contributed by atoms with E-state index in [1.807, 2.05) is 38.1 Å². The number of carbonyl (C=O) groups is 2. The van der Waals surface area contributed by atoms with Crippen LogP contribution in [0.15, 0.2) is 36.5 Å². The molecule has 0 unspecified atom stereocenters. The standard InChI is InChI=1S/C23H27ClN4O3.C2HF3O2/c1-14-11-16(9-10-31-14)28-20(29)12-23(2,27-22(28)25)18-6-4-5-17(21(18)24)15-7-8-19(30-3)26-13-15;3-2(4,5)1(6)7/h4-8,13-14,16H,9-12H2,1-3H3,(H2,25,27);(H,6,7)/t14-,16-,23-;/m0./s1. The Labute approximate surface area is 222 Å². The molecule has 4 rings (SSSR count). The van der Waals surface area contributed by atoms with Crippen LogP contribution in [-0.2, 0) is 19.9 Å². The van der Waals surface area contributed by atoms with Gasteiger partial charge >= 0.3 is 12.1 Å². The summed E-state index contributed by atoms with van der Waals surface area (Å²) in [6.07, 6.45) is -1.62. The van der Waals surface area contributed by atoms with E-state index in [1.165, 1.54) is 0 Å². The third-order valence-corrected chi connectivity index (χ3v) is 6.73. The number of nitrogens with zero attached hydrogens (tertiary/aromatic N) is 2. The molecule has 2 fully saturated rings. The maximum Gasteiger partial charge on any atom is 0.490 e. The van der Waals surface area contributed by atoms with E-state index in [0.29, 0.717) is 17.5 Å². The first kappa shape index (κ1) is 29.2. The van der Waals surface area contributed by atoms with Gasteiger partial charge in [-0.2, -0.15) is 13.2 Å². The summed E-state index contributed by atoms with van der Waals surface area (Å²) in [6, 6.07) is 9.40. The summed E-state index contributed by atoms with van der Waals surface area (Å²) >= 11 is 6.83. The largest absolute Gasteiger partial charge is 0.490 e. The zero-order chi connectivity index (χ0) is 28.3. The molecule has 3 N–H and O–H groups in total. The van der Waals surface area contributed by atoms with Gasteiger partial charge in [-0.15, -0.1) is 0 Å². The van der Waals surface area contributed by atoms with E-state index in [9.17, 15) is 18.0 Å². The van der Waals surface area contributed by atoms with Gasteiger partial charge in [-0.05, 0) is 38.3 Å². The second kappa shape index (κ2) is 11.6. The average molecular weight is 557 g/mol. The van der Waals surface area contributed by atoms with Gasteiger partial charge in [-0.3, -0.25) is 15.1 Å². The number of pyridine rings is 1. The van der Waals surface area contributed by atoms with Crippen molar-refractivity contribution in [2.75, 3.05) is 13.7 Å². The van der Waals surface area contributed by atoms with E-state index in [4.69, 9.17) is 36.4 Å². The Morgan fingerprint density at radius 3 is 2.55 bits per heavy atom. The van der Waals surface area contributed by atoms with Gasteiger partial charge < -0.3 is 19.9 Å². The first-order valence-electron chi connectivity index (χ1n) is 11.7. The van der Waals surface area contributed by atoms with Crippen molar-refractivity contribution in [3.8, 4) is 17.0 Å². The Morgan fingerprint density at radius 1 is 1.34 bits per heavy atom. The summed E-state index contributed by atoms with van der Waals surface area (Å²) in [4.78, 5) is 27.9. The molecule has 3 atom stereocenters. The van der Waals surface area contributed by atoms with Crippen molar-refractivity contribution in [3.05, 3.63) is 47.1 Å². The highest BCUT2D eigenvalue weighted by atomic mass is 35.5. The van der Waals surface area contributed by atoms with Gasteiger partial charge in [0.1, 0.15) is 0 Å². The lowest BCUT2D eigenvalue weighted by atomic mass is 9.84. The summed E-state index contributed by atoms with van der Waals surface area (Å²) in [5.74, 6) is -2.19. The fraction of sp³-hybridized carbons (Fsp3) is 0.440. The molecule has 0 radical (unpaired) electrons. The van der Waals surface area contributed by atoms with E-state index in [-0.39, 0.29) is 30.4 Å². The Hall–Kier alpha value is -3.38. The lowest BCUT2D eigenvalue weighted by molar-refractivity contribution is -0.192. The highest BCUT2D eigenvalue weighted by Crippen LogP contribution is 2.40. The van der Waals surface area contributed by atoms with Crippen LogP contribution in [0.25, 0.3) is 11.1 Å². The lowest BCUT2D eigenvalue weighted by Gasteiger charge is -2.45. The number of halogens is 4. The molecule has 206 valence electrons. The molecule has 0 bridgehead atoms. The van der Waals surface area contributed by atoms with Gasteiger partial charge in [0.15, 0.2) is 5.96 Å². The van der Waals surface area contributed by atoms with E-state index in [2.05, 4.69) is 10.3 Å². The average Bonchev–Trinajstić information content (AvgIpc) is 2.83. The number of carboxylic acid groups (broad SMARTS) is 1. The number of methoxy groups -OCH3 is 1. The summed E-state index contributed by atoms with van der Waals surface area (Å²) in [5, 5.41) is 19.5. The van der Waals surface area contributed by atoms with Gasteiger partial charge in [0, 0.05) is 36.0 Å². The van der Waals surface area contributed by atoms with Crippen LogP contribution in [0, 0.1) is 5.41 Å². The number of ether oxygens (including phenoxy) is 2. The highest BCUT2D eigenvalue weighted by molar-refractivity contribution is 6.34. The van der Waals surface area contributed by atoms with Crippen LogP contribution in [0.5, 0.6) is 5.88 Å². The third kappa shape index (κ3) is 6.54. The first-order chi connectivity index (χ1) is 17.8. The zero-order valence-corrected chi connectivity index (χ0v) is 21.7. The number of amides is 1. The second-order valence-electron chi connectivity index (χ2n) is 9.17. The first-order valence-corrected chi connectivity index (χ1v) is 12.0. The molecule has 3 heterocycles. The number of aliphatic carboxylic acids is 1. The molecule has 38 heavy (non-hydrogen) atoms. The van der Waals surface area contributed by atoms with Crippen LogP contribution < -0.4 is 10.1 Å². The van der Waals surface area contributed by atoms with Crippen LogP contribution in [0.1, 0.15) is 38.7 Å². The minimum Gasteiger partial charge on any atom is -0.481 e. The monoisotopic (exact) mass is 556 g/mol. The Morgan fingerprint density at radius 2 is 2.03 bits per heavy atom. The fourth-order valence-electron chi connectivity index (χ4n) is 4.48. The molecule has 0 aliphatic carbocycles. The number of hydrogen-bond donors (Lipinski definition) is 3. The minimum absolute atomic E-state index is 0.0204. The Kier molecular flexibility index (Phi) is 8.88. The number of benzene rings is 1. The summed E-state index contributed by atoms with van der Waals surface area (Å²) in [7, 11) is 1.57. The van der Waals surface area contributed by atoms with Gasteiger partial charge in [-0.1, -0.05) is 29.8 Å². The number of guanidine groups is 1. The van der Waals surface area contributed by atoms with Crippen LogP contribution in [0.4, 0.5) is 13.2 Å². The minimum atomic E-state index is -5.08. The molecule has 2 aliphatic rings. The molecular weight excluding hydrogens is 529 g/mol. The molecule has 2 saturated heterocycles. The quantitative estimate of drug-likeness (QED) is 0.503. The van der Waals surface area contributed by atoms with Crippen molar-refractivity contribution in [1.82, 2.24) is 15.2 Å². The van der Waals surface area contributed by atoms with Crippen molar-refractivity contribution in [1.29, 1.82) is 5.41 Å². The molecule has 2 aromatic rings. The van der Waals surface area contributed by atoms with Gasteiger partial charge in [0.25, 0.3) is 0 Å². The molecule has 1 aromatic heterocycles. The van der Waals surface area contributed by atoms with Crippen LogP contribution in [0.3, 0.4) is 0 Å². The van der Waals surface area contributed by atoms with Crippen LogP contribution >= 0.6 is 11.6 Å². The molecule has 1 aromatic carbocycles. The number of aromatic nitrogens is 1. The maximum atomic E-state index is 13.2. The third-order valence-electron chi connectivity index (χ3n) is 6.32. The van der Waals surface area contributed by atoms with Crippen LogP contribution in [0.2, 0.25) is 5.02 Å². The van der Waals surface area contributed by atoms with Gasteiger partial charge in [-0.25, -0.2) is 9.78 Å². The highest BCUT2D eigenvalue weighted by Gasteiger charge is 2.44.